The third-order valence-corrected chi connectivity index (χ3v) is 7.66. The Morgan fingerprint density at radius 2 is 2.07 bits per heavy atom. The Morgan fingerprint density at radius 1 is 1.23 bits per heavy atom. The van der Waals surface area contributed by atoms with Crippen LogP contribution in [-0.2, 0) is 4.79 Å². The molecule has 0 spiro atoms. The van der Waals surface area contributed by atoms with Crippen LogP contribution in [0.25, 0.3) is 5.69 Å². The second-order valence-corrected chi connectivity index (χ2v) is 9.59. The summed E-state index contributed by atoms with van der Waals surface area (Å²) in [5, 5.41) is 6.11. The number of hydrogen-bond donors (Lipinski definition) is 1. The van der Waals surface area contributed by atoms with Crippen LogP contribution in [0.15, 0.2) is 53.3 Å². The number of thioether (sulfide) groups is 1. The molecule has 1 fully saturated rings. The lowest BCUT2D eigenvalue weighted by molar-refractivity contribution is -0.118. The van der Waals surface area contributed by atoms with Crippen LogP contribution >= 0.6 is 23.1 Å². The van der Waals surface area contributed by atoms with Crippen molar-refractivity contribution in [1.29, 1.82) is 0 Å². The number of nitrogens with one attached hydrogen (secondary N) is 1. The van der Waals surface area contributed by atoms with Gasteiger partial charge < -0.3 is 5.32 Å². The molecule has 1 N–H and O–H groups in total. The highest BCUT2D eigenvalue weighted by Crippen LogP contribution is 2.28. The molecule has 0 saturated carbocycles. The maximum absolute atomic E-state index is 12.6. The van der Waals surface area contributed by atoms with Crippen molar-refractivity contribution in [3.8, 4) is 5.69 Å². The van der Waals surface area contributed by atoms with Gasteiger partial charge in [-0.25, -0.2) is 4.98 Å². The fourth-order valence-corrected chi connectivity index (χ4v) is 5.57. The van der Waals surface area contributed by atoms with Gasteiger partial charge in [-0.3, -0.25) is 14.3 Å². The van der Waals surface area contributed by atoms with Crippen molar-refractivity contribution < 1.29 is 4.79 Å². The third kappa shape index (κ3) is 4.79. The topological polar surface area (TPSA) is 50.2 Å². The number of carbonyl (C=O) groups excluding carboxylic acids is 1. The number of hydrogen-bond acceptors (Lipinski definition) is 5. The lowest BCUT2D eigenvalue weighted by atomic mass is 10.1. The Bertz CT molecular complexity index is 977. The van der Waals surface area contributed by atoms with Crippen LogP contribution in [0.1, 0.15) is 34.9 Å². The summed E-state index contributed by atoms with van der Waals surface area (Å²) in [6.45, 7) is 7.11. The predicted octanol–water partition coefficient (Wildman–Crippen LogP) is 4.60. The lowest BCUT2D eigenvalue weighted by Crippen LogP contribution is -2.37. The summed E-state index contributed by atoms with van der Waals surface area (Å²) in [5.74, 6) is 0.412. The van der Waals surface area contributed by atoms with Crippen LogP contribution in [0.3, 0.4) is 0 Å². The number of nitrogens with zero attached hydrogens (tertiary/aromatic N) is 3. The van der Waals surface area contributed by atoms with Crippen molar-refractivity contribution in [2.75, 3.05) is 25.4 Å². The quantitative estimate of drug-likeness (QED) is 0.520. The highest BCUT2D eigenvalue weighted by molar-refractivity contribution is 7.99. The van der Waals surface area contributed by atoms with Crippen LogP contribution in [0.2, 0.25) is 0 Å². The summed E-state index contributed by atoms with van der Waals surface area (Å²) in [4.78, 5) is 20.9. The van der Waals surface area contributed by atoms with Crippen molar-refractivity contribution in [1.82, 2.24) is 19.8 Å². The molecule has 0 aliphatic carbocycles. The largest absolute Gasteiger partial charge is 0.353 e. The summed E-state index contributed by atoms with van der Waals surface area (Å²) >= 11 is 3.25. The molecule has 0 bridgehead atoms. The zero-order valence-electron chi connectivity index (χ0n) is 17.5. The Kier molecular flexibility index (Phi) is 6.92. The first kappa shape index (κ1) is 21.2. The van der Waals surface area contributed by atoms with Crippen molar-refractivity contribution in [2.24, 2.45) is 0 Å². The molecule has 7 heteroatoms. The molecule has 1 unspecified atom stereocenters. The molecule has 1 aromatic carbocycles. The molecule has 1 aliphatic heterocycles. The van der Waals surface area contributed by atoms with Crippen molar-refractivity contribution in [3.63, 3.8) is 0 Å². The number of imidazole rings is 1. The number of amides is 1. The maximum atomic E-state index is 12.6. The molecule has 30 heavy (non-hydrogen) atoms. The van der Waals surface area contributed by atoms with E-state index in [4.69, 9.17) is 0 Å². The van der Waals surface area contributed by atoms with Gasteiger partial charge in [0.2, 0.25) is 5.91 Å². The van der Waals surface area contributed by atoms with E-state index in [0.717, 1.165) is 23.9 Å². The molecule has 158 valence electrons. The highest BCUT2D eigenvalue weighted by Gasteiger charge is 2.24. The Balaban J connectivity index is 1.36. The SMILES string of the molecule is Cc1cccc(-n2ccnc2SCC(=O)NCC(c2cccs2)N2CCCC2)c1C. The average molecular weight is 441 g/mol. The summed E-state index contributed by atoms with van der Waals surface area (Å²) in [5.41, 5.74) is 3.59. The highest BCUT2D eigenvalue weighted by atomic mass is 32.2. The average Bonchev–Trinajstić information content (AvgIpc) is 3.52. The summed E-state index contributed by atoms with van der Waals surface area (Å²) in [7, 11) is 0. The van der Waals surface area contributed by atoms with E-state index in [-0.39, 0.29) is 11.9 Å². The maximum Gasteiger partial charge on any atom is 0.230 e. The molecule has 3 aromatic rings. The number of carbonyl (C=O) groups is 1. The molecular weight excluding hydrogens is 412 g/mol. The monoisotopic (exact) mass is 440 g/mol. The molecular formula is C23H28N4OS2. The molecule has 4 rings (SSSR count). The molecule has 5 nitrogen and oxygen atoms in total. The Morgan fingerprint density at radius 3 is 2.83 bits per heavy atom. The lowest BCUT2D eigenvalue weighted by Gasteiger charge is -2.26. The zero-order chi connectivity index (χ0) is 20.9. The van der Waals surface area contributed by atoms with Crippen LogP contribution in [0.4, 0.5) is 0 Å². The normalized spacial score (nSPS) is 15.4. The molecule has 1 atom stereocenters. The van der Waals surface area contributed by atoms with E-state index in [2.05, 4.69) is 69.3 Å². The van der Waals surface area contributed by atoms with Gasteiger partial charge in [0, 0.05) is 23.8 Å². The second kappa shape index (κ2) is 9.81. The van der Waals surface area contributed by atoms with Gasteiger partial charge in [0.05, 0.1) is 17.5 Å². The summed E-state index contributed by atoms with van der Waals surface area (Å²) in [6, 6.07) is 10.8. The number of benzene rings is 1. The summed E-state index contributed by atoms with van der Waals surface area (Å²) < 4.78 is 2.07. The molecule has 1 aliphatic rings. The third-order valence-electron chi connectivity index (χ3n) is 5.72. The summed E-state index contributed by atoms with van der Waals surface area (Å²) in [6.07, 6.45) is 6.24. The minimum absolute atomic E-state index is 0.0521. The van der Waals surface area contributed by atoms with E-state index in [0.29, 0.717) is 12.3 Å². The number of aromatic nitrogens is 2. The molecule has 1 amide bonds. The fourth-order valence-electron chi connectivity index (χ4n) is 3.91. The van der Waals surface area contributed by atoms with Gasteiger partial charge in [0.15, 0.2) is 5.16 Å². The Hall–Kier alpha value is -2.09. The van der Waals surface area contributed by atoms with Crippen LogP contribution in [-0.4, -0.2) is 45.7 Å². The van der Waals surface area contributed by atoms with Crippen LogP contribution in [0.5, 0.6) is 0 Å². The zero-order valence-corrected chi connectivity index (χ0v) is 19.1. The van der Waals surface area contributed by atoms with E-state index in [9.17, 15) is 4.79 Å². The van der Waals surface area contributed by atoms with E-state index in [1.807, 2.05) is 6.20 Å². The second-order valence-electron chi connectivity index (χ2n) is 7.67. The predicted molar refractivity (Wildman–Crippen MR) is 125 cm³/mol. The molecule has 3 heterocycles. The van der Waals surface area contributed by atoms with Gasteiger partial charge in [-0.15, -0.1) is 11.3 Å². The van der Waals surface area contributed by atoms with E-state index >= 15 is 0 Å². The van der Waals surface area contributed by atoms with Gasteiger partial charge in [-0.05, 0) is 68.4 Å². The number of aryl methyl sites for hydroxylation is 1. The van der Waals surface area contributed by atoms with Crippen molar-refractivity contribution in [2.45, 2.75) is 37.9 Å². The first-order chi connectivity index (χ1) is 14.6. The van der Waals surface area contributed by atoms with Gasteiger partial charge in [0.1, 0.15) is 0 Å². The van der Waals surface area contributed by atoms with Crippen molar-refractivity contribution in [3.05, 3.63) is 64.1 Å². The van der Waals surface area contributed by atoms with Gasteiger partial charge >= 0.3 is 0 Å². The van der Waals surface area contributed by atoms with Gasteiger partial charge in [-0.2, -0.15) is 0 Å². The minimum Gasteiger partial charge on any atom is -0.353 e. The van der Waals surface area contributed by atoms with Crippen LogP contribution in [0, 0.1) is 13.8 Å². The van der Waals surface area contributed by atoms with Crippen molar-refractivity contribution >= 4 is 29.0 Å². The van der Waals surface area contributed by atoms with Gasteiger partial charge in [0.25, 0.3) is 0 Å². The molecule has 0 radical (unpaired) electrons. The molecule has 2 aromatic heterocycles. The first-order valence-corrected chi connectivity index (χ1v) is 12.3. The van der Waals surface area contributed by atoms with E-state index in [1.165, 1.54) is 40.6 Å². The molecule has 1 saturated heterocycles. The minimum atomic E-state index is 0.0521. The standard InChI is InChI=1S/C23H28N4OS2/c1-17-7-5-8-19(18(17)2)27-13-10-24-23(27)30-16-22(28)25-15-20(21-9-6-14-29-21)26-11-3-4-12-26/h5-10,13-14,20H,3-4,11-12,15-16H2,1-2H3,(H,25,28). The Labute approximate surface area is 186 Å². The number of likely N-dealkylation sites (tertiary alicyclic amines) is 1. The van der Waals surface area contributed by atoms with Gasteiger partial charge in [-0.1, -0.05) is 30.0 Å². The van der Waals surface area contributed by atoms with E-state index < -0.39 is 0 Å². The fraction of sp³-hybridized carbons (Fsp3) is 0.391. The van der Waals surface area contributed by atoms with E-state index in [1.54, 1.807) is 17.5 Å². The van der Waals surface area contributed by atoms with Crippen LogP contribution < -0.4 is 5.32 Å². The number of thiophene rings is 1. The number of rotatable bonds is 8. The first-order valence-electron chi connectivity index (χ1n) is 10.4. The smallest absolute Gasteiger partial charge is 0.230 e.